The maximum Gasteiger partial charge on any atom is 0.221 e. The Bertz CT molecular complexity index is 217. The zero-order chi connectivity index (χ0) is 9.97. The molecule has 3 atom stereocenters. The molecule has 1 amide bonds. The van der Waals surface area contributed by atoms with E-state index in [9.17, 15) is 4.79 Å². The van der Waals surface area contributed by atoms with Gasteiger partial charge in [0.15, 0.2) is 0 Å². The van der Waals surface area contributed by atoms with Crippen LogP contribution in [0.1, 0.15) is 32.1 Å². The van der Waals surface area contributed by atoms with Crippen molar-refractivity contribution in [3.05, 3.63) is 0 Å². The number of carbonyl (C=O) groups excluding carboxylic acids is 1. The molecule has 0 aromatic heterocycles. The molecule has 80 valence electrons. The first-order chi connectivity index (χ1) is 6.79. The molecule has 0 aliphatic heterocycles. The summed E-state index contributed by atoms with van der Waals surface area (Å²) in [5.41, 5.74) is 0. The Hall–Kier alpha value is -0.570. The van der Waals surface area contributed by atoms with Gasteiger partial charge >= 0.3 is 0 Å². The first kappa shape index (κ1) is 9.97. The lowest BCUT2D eigenvalue weighted by atomic mass is 9.95. The molecule has 2 fully saturated rings. The minimum atomic E-state index is 0.139. The standard InChI is InChI=1S/C11H20N2O/c1-12-11(14)4-5-13-10-7-8-2-3-9(10)6-8/h8-10,13H,2-7H2,1H3,(H,12,14). The van der Waals surface area contributed by atoms with Crippen molar-refractivity contribution < 1.29 is 4.79 Å². The van der Waals surface area contributed by atoms with Crippen molar-refractivity contribution in [3.63, 3.8) is 0 Å². The van der Waals surface area contributed by atoms with Crippen LogP contribution in [0.5, 0.6) is 0 Å². The molecule has 0 spiro atoms. The van der Waals surface area contributed by atoms with E-state index < -0.39 is 0 Å². The van der Waals surface area contributed by atoms with E-state index in [1.807, 2.05) is 0 Å². The Morgan fingerprint density at radius 3 is 2.79 bits per heavy atom. The largest absolute Gasteiger partial charge is 0.359 e. The third-order valence-electron chi connectivity index (χ3n) is 3.78. The zero-order valence-electron chi connectivity index (χ0n) is 8.88. The Kier molecular flexibility index (Phi) is 3.06. The maximum absolute atomic E-state index is 11.0. The maximum atomic E-state index is 11.0. The normalized spacial score (nSPS) is 34.8. The highest BCUT2D eigenvalue weighted by atomic mass is 16.1. The van der Waals surface area contributed by atoms with Crippen molar-refractivity contribution in [2.24, 2.45) is 11.8 Å². The van der Waals surface area contributed by atoms with Gasteiger partial charge in [0.2, 0.25) is 5.91 Å². The molecule has 14 heavy (non-hydrogen) atoms. The summed E-state index contributed by atoms with van der Waals surface area (Å²) >= 11 is 0. The lowest BCUT2D eigenvalue weighted by Gasteiger charge is -2.22. The van der Waals surface area contributed by atoms with Crippen LogP contribution in [-0.2, 0) is 4.79 Å². The van der Waals surface area contributed by atoms with Gasteiger partial charge in [-0.15, -0.1) is 0 Å². The Labute approximate surface area is 85.6 Å². The number of nitrogens with one attached hydrogen (secondary N) is 2. The van der Waals surface area contributed by atoms with Crippen LogP contribution in [-0.4, -0.2) is 25.5 Å². The summed E-state index contributed by atoms with van der Waals surface area (Å²) in [6.07, 6.45) is 6.24. The van der Waals surface area contributed by atoms with Gasteiger partial charge in [0.25, 0.3) is 0 Å². The summed E-state index contributed by atoms with van der Waals surface area (Å²) in [5.74, 6) is 2.03. The Morgan fingerprint density at radius 1 is 1.36 bits per heavy atom. The molecule has 2 N–H and O–H groups in total. The second-order valence-electron chi connectivity index (χ2n) is 4.66. The lowest BCUT2D eigenvalue weighted by molar-refractivity contribution is -0.120. The van der Waals surface area contributed by atoms with E-state index >= 15 is 0 Å². The predicted molar refractivity (Wildman–Crippen MR) is 55.9 cm³/mol. The molecule has 0 radical (unpaired) electrons. The third kappa shape index (κ3) is 2.08. The molecule has 2 aliphatic rings. The number of rotatable bonds is 4. The topological polar surface area (TPSA) is 41.1 Å². The van der Waals surface area contributed by atoms with Gasteiger partial charge in [-0.25, -0.2) is 0 Å². The van der Waals surface area contributed by atoms with Crippen LogP contribution < -0.4 is 10.6 Å². The molecule has 2 bridgehead atoms. The van der Waals surface area contributed by atoms with E-state index in [4.69, 9.17) is 0 Å². The molecule has 3 unspecified atom stereocenters. The monoisotopic (exact) mass is 196 g/mol. The summed E-state index contributed by atoms with van der Waals surface area (Å²) in [4.78, 5) is 11.0. The number of amides is 1. The van der Waals surface area contributed by atoms with Gasteiger partial charge in [0.05, 0.1) is 0 Å². The van der Waals surface area contributed by atoms with Gasteiger partial charge in [0, 0.05) is 26.1 Å². The first-order valence-electron chi connectivity index (χ1n) is 5.73. The number of hydrogen-bond acceptors (Lipinski definition) is 2. The molecule has 0 aromatic carbocycles. The highest BCUT2D eigenvalue weighted by Gasteiger charge is 2.38. The molecule has 3 nitrogen and oxygen atoms in total. The molecule has 0 saturated heterocycles. The van der Waals surface area contributed by atoms with E-state index in [-0.39, 0.29) is 5.91 Å². The number of hydrogen-bond donors (Lipinski definition) is 2. The van der Waals surface area contributed by atoms with Gasteiger partial charge in [-0.3, -0.25) is 4.79 Å². The summed E-state index contributed by atoms with van der Waals surface area (Å²) < 4.78 is 0. The summed E-state index contributed by atoms with van der Waals surface area (Å²) in [6, 6.07) is 0.707. The molecule has 2 aliphatic carbocycles. The minimum Gasteiger partial charge on any atom is -0.359 e. The Balaban J connectivity index is 1.64. The van der Waals surface area contributed by atoms with Crippen molar-refractivity contribution in [2.75, 3.05) is 13.6 Å². The van der Waals surface area contributed by atoms with E-state index in [1.54, 1.807) is 7.05 Å². The minimum absolute atomic E-state index is 0.139. The molecular weight excluding hydrogens is 176 g/mol. The van der Waals surface area contributed by atoms with Crippen molar-refractivity contribution in [3.8, 4) is 0 Å². The van der Waals surface area contributed by atoms with Crippen molar-refractivity contribution >= 4 is 5.91 Å². The van der Waals surface area contributed by atoms with Gasteiger partial charge in [-0.1, -0.05) is 6.42 Å². The van der Waals surface area contributed by atoms with E-state index in [0.29, 0.717) is 12.5 Å². The fourth-order valence-electron chi connectivity index (χ4n) is 2.99. The third-order valence-corrected chi connectivity index (χ3v) is 3.78. The van der Waals surface area contributed by atoms with Crippen LogP contribution in [0.4, 0.5) is 0 Å². The fraction of sp³-hybridized carbons (Fsp3) is 0.909. The van der Waals surface area contributed by atoms with Crippen LogP contribution in [0.25, 0.3) is 0 Å². The van der Waals surface area contributed by atoms with Crippen LogP contribution in [0.15, 0.2) is 0 Å². The lowest BCUT2D eigenvalue weighted by Crippen LogP contribution is -2.36. The van der Waals surface area contributed by atoms with Crippen molar-refractivity contribution in [1.82, 2.24) is 10.6 Å². The van der Waals surface area contributed by atoms with Gasteiger partial charge in [-0.05, 0) is 31.1 Å². The van der Waals surface area contributed by atoms with Crippen LogP contribution in [0, 0.1) is 11.8 Å². The van der Waals surface area contributed by atoms with E-state index in [0.717, 1.165) is 18.4 Å². The van der Waals surface area contributed by atoms with Gasteiger partial charge in [0.1, 0.15) is 0 Å². The zero-order valence-corrected chi connectivity index (χ0v) is 8.88. The highest BCUT2D eigenvalue weighted by molar-refractivity contribution is 5.75. The average Bonchev–Trinajstić information content (AvgIpc) is 2.79. The first-order valence-corrected chi connectivity index (χ1v) is 5.73. The molecule has 3 heteroatoms. The van der Waals surface area contributed by atoms with Crippen molar-refractivity contribution in [1.29, 1.82) is 0 Å². The molecule has 2 rings (SSSR count). The van der Waals surface area contributed by atoms with E-state index in [2.05, 4.69) is 10.6 Å². The quantitative estimate of drug-likeness (QED) is 0.701. The van der Waals surface area contributed by atoms with Crippen LogP contribution >= 0.6 is 0 Å². The molecule has 2 saturated carbocycles. The van der Waals surface area contributed by atoms with Crippen LogP contribution in [0.3, 0.4) is 0 Å². The molecule has 0 heterocycles. The predicted octanol–water partition coefficient (Wildman–Crippen LogP) is 0.901. The SMILES string of the molecule is CNC(=O)CCNC1CC2CCC1C2. The fourth-order valence-corrected chi connectivity index (χ4v) is 2.99. The van der Waals surface area contributed by atoms with E-state index in [1.165, 1.54) is 25.7 Å². The smallest absolute Gasteiger partial charge is 0.221 e. The Morgan fingerprint density at radius 2 is 2.21 bits per heavy atom. The summed E-state index contributed by atoms with van der Waals surface area (Å²) in [6.45, 7) is 0.841. The second-order valence-corrected chi connectivity index (χ2v) is 4.66. The average molecular weight is 196 g/mol. The molecular formula is C11H20N2O. The van der Waals surface area contributed by atoms with Crippen LogP contribution in [0.2, 0.25) is 0 Å². The summed E-state index contributed by atoms with van der Waals surface area (Å²) in [5, 5.41) is 6.16. The number of carbonyl (C=O) groups is 1. The number of fused-ring (bicyclic) bond motifs is 2. The second kappa shape index (κ2) is 4.30. The van der Waals surface area contributed by atoms with Gasteiger partial charge in [-0.2, -0.15) is 0 Å². The highest BCUT2D eigenvalue weighted by Crippen LogP contribution is 2.44. The summed E-state index contributed by atoms with van der Waals surface area (Å²) in [7, 11) is 1.69. The molecule has 0 aromatic rings. The van der Waals surface area contributed by atoms with Crippen molar-refractivity contribution in [2.45, 2.75) is 38.1 Å². The van der Waals surface area contributed by atoms with Gasteiger partial charge < -0.3 is 10.6 Å².